The van der Waals surface area contributed by atoms with E-state index in [1.54, 1.807) is 0 Å². The topological polar surface area (TPSA) is 35.9 Å². The van der Waals surface area contributed by atoms with Crippen molar-refractivity contribution in [3.05, 3.63) is 0 Å². The molecule has 13 heavy (non-hydrogen) atoms. The molecule has 0 radical (unpaired) electrons. The first-order valence-electron chi connectivity index (χ1n) is 5.05. The SMILES string of the molecule is OC1CN(CCN2CCOCC2)C1. The molecular formula is C9H18N2O2. The van der Waals surface area contributed by atoms with Crippen LogP contribution in [0.2, 0.25) is 0 Å². The number of hydrogen-bond donors (Lipinski definition) is 1. The first-order chi connectivity index (χ1) is 6.34. The molecule has 0 aromatic rings. The molecule has 4 nitrogen and oxygen atoms in total. The minimum Gasteiger partial charge on any atom is -0.390 e. The Kier molecular flexibility index (Phi) is 3.16. The molecule has 0 bridgehead atoms. The lowest BCUT2D eigenvalue weighted by Gasteiger charge is -2.37. The van der Waals surface area contributed by atoms with Crippen LogP contribution in [0.15, 0.2) is 0 Å². The van der Waals surface area contributed by atoms with Crippen LogP contribution in [-0.4, -0.2) is 73.5 Å². The molecule has 4 heteroatoms. The van der Waals surface area contributed by atoms with Crippen LogP contribution in [0.25, 0.3) is 0 Å². The summed E-state index contributed by atoms with van der Waals surface area (Å²) in [6.45, 7) is 7.83. The predicted molar refractivity (Wildman–Crippen MR) is 49.7 cm³/mol. The van der Waals surface area contributed by atoms with Crippen LogP contribution < -0.4 is 0 Å². The molecule has 0 aromatic heterocycles. The lowest BCUT2D eigenvalue weighted by Crippen LogP contribution is -2.53. The van der Waals surface area contributed by atoms with E-state index in [0.29, 0.717) is 0 Å². The van der Waals surface area contributed by atoms with Gasteiger partial charge in [-0.3, -0.25) is 9.80 Å². The summed E-state index contributed by atoms with van der Waals surface area (Å²) < 4.78 is 5.27. The Bertz CT molecular complexity index is 154. The molecule has 0 aliphatic carbocycles. The fourth-order valence-electron chi connectivity index (χ4n) is 1.83. The number of aliphatic hydroxyl groups is 1. The molecule has 2 aliphatic heterocycles. The van der Waals surface area contributed by atoms with Crippen LogP contribution in [0.4, 0.5) is 0 Å². The molecule has 2 heterocycles. The van der Waals surface area contributed by atoms with Gasteiger partial charge in [-0.05, 0) is 0 Å². The van der Waals surface area contributed by atoms with Gasteiger partial charge in [-0.25, -0.2) is 0 Å². The number of aliphatic hydroxyl groups excluding tert-OH is 1. The lowest BCUT2D eigenvalue weighted by atomic mass is 10.2. The van der Waals surface area contributed by atoms with E-state index in [1.165, 1.54) is 0 Å². The Morgan fingerprint density at radius 3 is 2.31 bits per heavy atom. The Morgan fingerprint density at radius 2 is 1.69 bits per heavy atom. The Balaban J connectivity index is 1.56. The zero-order chi connectivity index (χ0) is 9.10. The van der Waals surface area contributed by atoms with Gasteiger partial charge in [0.15, 0.2) is 0 Å². The molecular weight excluding hydrogens is 168 g/mol. The van der Waals surface area contributed by atoms with Crippen LogP contribution in [-0.2, 0) is 4.74 Å². The smallest absolute Gasteiger partial charge is 0.0793 e. The molecule has 0 amide bonds. The maximum absolute atomic E-state index is 9.08. The highest BCUT2D eigenvalue weighted by molar-refractivity contribution is 4.79. The lowest BCUT2D eigenvalue weighted by molar-refractivity contribution is -0.0129. The fourth-order valence-corrected chi connectivity index (χ4v) is 1.83. The van der Waals surface area contributed by atoms with Crippen LogP contribution >= 0.6 is 0 Å². The quantitative estimate of drug-likeness (QED) is 0.613. The van der Waals surface area contributed by atoms with E-state index in [2.05, 4.69) is 9.80 Å². The zero-order valence-electron chi connectivity index (χ0n) is 7.98. The normalized spacial score (nSPS) is 27.5. The fraction of sp³-hybridized carbons (Fsp3) is 1.00. The van der Waals surface area contributed by atoms with Gasteiger partial charge in [0.25, 0.3) is 0 Å². The highest BCUT2D eigenvalue weighted by atomic mass is 16.5. The van der Waals surface area contributed by atoms with Gasteiger partial charge >= 0.3 is 0 Å². The van der Waals surface area contributed by atoms with Gasteiger partial charge in [0.1, 0.15) is 0 Å². The van der Waals surface area contributed by atoms with Crippen molar-refractivity contribution in [2.75, 3.05) is 52.5 Å². The zero-order valence-corrected chi connectivity index (χ0v) is 7.98. The number of morpholine rings is 1. The standard InChI is InChI=1S/C9H18N2O2/c12-9-7-11(8-9)2-1-10-3-5-13-6-4-10/h9,12H,1-8H2. The van der Waals surface area contributed by atoms with Crippen molar-refractivity contribution in [1.29, 1.82) is 0 Å². The van der Waals surface area contributed by atoms with Crippen molar-refractivity contribution in [2.45, 2.75) is 6.10 Å². The molecule has 0 aromatic carbocycles. The average molecular weight is 186 g/mol. The monoisotopic (exact) mass is 186 g/mol. The van der Waals surface area contributed by atoms with Gasteiger partial charge in [0.2, 0.25) is 0 Å². The highest BCUT2D eigenvalue weighted by Gasteiger charge is 2.24. The summed E-state index contributed by atoms with van der Waals surface area (Å²) in [6, 6.07) is 0. The van der Waals surface area contributed by atoms with Crippen LogP contribution in [0.3, 0.4) is 0 Å². The predicted octanol–water partition coefficient (Wildman–Crippen LogP) is -1.00. The van der Waals surface area contributed by atoms with Crippen molar-refractivity contribution < 1.29 is 9.84 Å². The minimum absolute atomic E-state index is 0.0651. The first kappa shape index (κ1) is 9.40. The van der Waals surface area contributed by atoms with Crippen LogP contribution in [0, 0.1) is 0 Å². The van der Waals surface area contributed by atoms with Crippen LogP contribution in [0.1, 0.15) is 0 Å². The third-order valence-corrected chi connectivity index (χ3v) is 2.77. The second-order valence-electron chi connectivity index (χ2n) is 3.87. The van der Waals surface area contributed by atoms with Gasteiger partial charge in [0, 0.05) is 39.3 Å². The highest BCUT2D eigenvalue weighted by Crippen LogP contribution is 2.06. The second kappa shape index (κ2) is 4.37. The summed E-state index contributed by atoms with van der Waals surface area (Å²) in [5.74, 6) is 0. The van der Waals surface area contributed by atoms with Gasteiger partial charge in [-0.15, -0.1) is 0 Å². The summed E-state index contributed by atoms with van der Waals surface area (Å²) in [7, 11) is 0. The molecule has 1 N–H and O–H groups in total. The van der Waals surface area contributed by atoms with Crippen LogP contribution in [0.5, 0.6) is 0 Å². The second-order valence-corrected chi connectivity index (χ2v) is 3.87. The van der Waals surface area contributed by atoms with E-state index in [0.717, 1.165) is 52.5 Å². The molecule has 2 aliphatic rings. The average Bonchev–Trinajstić information content (AvgIpc) is 2.12. The molecule has 76 valence electrons. The third-order valence-electron chi connectivity index (χ3n) is 2.77. The first-order valence-corrected chi connectivity index (χ1v) is 5.05. The van der Waals surface area contributed by atoms with E-state index in [9.17, 15) is 0 Å². The van der Waals surface area contributed by atoms with Crippen molar-refractivity contribution in [1.82, 2.24) is 9.80 Å². The molecule has 2 saturated heterocycles. The molecule has 0 atom stereocenters. The van der Waals surface area contributed by atoms with Crippen molar-refractivity contribution in [3.63, 3.8) is 0 Å². The van der Waals surface area contributed by atoms with Gasteiger partial charge in [-0.2, -0.15) is 0 Å². The molecule has 0 unspecified atom stereocenters. The number of rotatable bonds is 3. The number of ether oxygens (including phenoxy) is 1. The van der Waals surface area contributed by atoms with E-state index in [-0.39, 0.29) is 6.10 Å². The molecule has 0 saturated carbocycles. The number of nitrogens with zero attached hydrogens (tertiary/aromatic N) is 2. The van der Waals surface area contributed by atoms with E-state index in [1.807, 2.05) is 0 Å². The van der Waals surface area contributed by atoms with Gasteiger partial charge in [0.05, 0.1) is 19.3 Å². The summed E-state index contributed by atoms with van der Waals surface area (Å²) >= 11 is 0. The van der Waals surface area contributed by atoms with Crippen molar-refractivity contribution in [3.8, 4) is 0 Å². The Morgan fingerprint density at radius 1 is 1.08 bits per heavy atom. The van der Waals surface area contributed by atoms with Gasteiger partial charge in [-0.1, -0.05) is 0 Å². The van der Waals surface area contributed by atoms with Crippen molar-refractivity contribution >= 4 is 0 Å². The number of hydrogen-bond acceptors (Lipinski definition) is 4. The van der Waals surface area contributed by atoms with E-state index < -0.39 is 0 Å². The summed E-state index contributed by atoms with van der Waals surface area (Å²) in [4.78, 5) is 4.72. The summed E-state index contributed by atoms with van der Waals surface area (Å²) in [6.07, 6.45) is -0.0651. The maximum atomic E-state index is 9.08. The third kappa shape index (κ3) is 2.64. The molecule has 0 spiro atoms. The minimum atomic E-state index is -0.0651. The van der Waals surface area contributed by atoms with Gasteiger partial charge < -0.3 is 9.84 Å². The maximum Gasteiger partial charge on any atom is 0.0793 e. The number of β-amino-alcohol motifs (C(OH)–C–C–N with tert-alkyl or cyclic N) is 1. The van der Waals surface area contributed by atoms with E-state index >= 15 is 0 Å². The van der Waals surface area contributed by atoms with Crippen molar-refractivity contribution in [2.24, 2.45) is 0 Å². The Labute approximate surface area is 79.1 Å². The Hall–Kier alpha value is -0.160. The largest absolute Gasteiger partial charge is 0.390 e. The van der Waals surface area contributed by atoms with E-state index in [4.69, 9.17) is 9.84 Å². The summed E-state index contributed by atoms with van der Waals surface area (Å²) in [5, 5.41) is 9.08. The number of likely N-dealkylation sites (tertiary alicyclic amines) is 1. The molecule has 2 rings (SSSR count). The summed E-state index contributed by atoms with van der Waals surface area (Å²) in [5.41, 5.74) is 0. The molecule has 2 fully saturated rings.